The van der Waals surface area contributed by atoms with Crippen molar-refractivity contribution in [2.45, 2.75) is 26.3 Å². The lowest BCUT2D eigenvalue weighted by atomic mass is 10.2. The molecule has 1 amide bonds. The van der Waals surface area contributed by atoms with Gasteiger partial charge in [-0.05, 0) is 0 Å². The van der Waals surface area contributed by atoms with E-state index in [1.165, 1.54) is 0 Å². The number of amides is 1. The molecule has 3 N–H and O–H groups in total. The third-order valence-electron chi connectivity index (χ3n) is 1.58. The molecule has 1 rings (SSSR count). The van der Waals surface area contributed by atoms with Crippen LogP contribution in [0.3, 0.4) is 0 Å². The first-order chi connectivity index (χ1) is 6.59. The fourth-order valence-corrected chi connectivity index (χ4v) is 0.867. The Morgan fingerprint density at radius 3 is 2.86 bits per heavy atom. The van der Waals surface area contributed by atoms with Gasteiger partial charge in [0, 0.05) is 5.92 Å². The zero-order valence-corrected chi connectivity index (χ0v) is 8.28. The molecule has 0 fully saturated rings. The van der Waals surface area contributed by atoms with Gasteiger partial charge in [0.1, 0.15) is 0 Å². The summed E-state index contributed by atoms with van der Waals surface area (Å²) in [6.07, 6.45) is 0. The molecule has 1 heterocycles. The van der Waals surface area contributed by atoms with Crippen LogP contribution in [0.5, 0.6) is 0 Å². The van der Waals surface area contributed by atoms with Crippen LogP contribution in [0.15, 0.2) is 4.52 Å². The van der Waals surface area contributed by atoms with Gasteiger partial charge in [-0.3, -0.25) is 10.1 Å². The molecule has 0 aliphatic heterocycles. The van der Waals surface area contributed by atoms with Crippen molar-refractivity contribution in [1.29, 1.82) is 0 Å². The maximum Gasteiger partial charge on any atom is 0.240 e. The number of nitrogens with zero attached hydrogens (tertiary/aromatic N) is 2. The minimum absolute atomic E-state index is 0.111. The lowest BCUT2D eigenvalue weighted by molar-refractivity contribution is -0.117. The lowest BCUT2D eigenvalue weighted by Crippen LogP contribution is -2.28. The summed E-state index contributed by atoms with van der Waals surface area (Å²) < 4.78 is 4.93. The van der Waals surface area contributed by atoms with Gasteiger partial charge < -0.3 is 10.3 Å². The highest BCUT2D eigenvalue weighted by Gasteiger charge is 2.08. The van der Waals surface area contributed by atoms with Crippen molar-refractivity contribution in [3.8, 4) is 0 Å². The molecule has 14 heavy (non-hydrogen) atoms. The van der Waals surface area contributed by atoms with E-state index in [1.807, 2.05) is 13.8 Å². The Morgan fingerprint density at radius 2 is 2.36 bits per heavy atom. The van der Waals surface area contributed by atoms with Crippen molar-refractivity contribution in [3.05, 3.63) is 11.7 Å². The third-order valence-corrected chi connectivity index (χ3v) is 1.58. The molecule has 0 aliphatic rings. The van der Waals surface area contributed by atoms with Crippen LogP contribution in [0.4, 0.5) is 0 Å². The Kier molecular flexibility index (Phi) is 3.58. The number of aromatic nitrogens is 2. The molecule has 0 bridgehead atoms. The number of hydrogen-bond acceptors (Lipinski definition) is 5. The van der Waals surface area contributed by atoms with Gasteiger partial charge in [0.15, 0.2) is 5.82 Å². The number of nitrogens with one attached hydrogen (secondary N) is 1. The van der Waals surface area contributed by atoms with Gasteiger partial charge in [0.2, 0.25) is 11.8 Å². The van der Waals surface area contributed by atoms with Crippen LogP contribution < -0.4 is 11.1 Å². The first kappa shape index (κ1) is 10.6. The summed E-state index contributed by atoms with van der Waals surface area (Å²) in [4.78, 5) is 14.5. The Hall–Kier alpha value is -1.43. The molecule has 1 aromatic heterocycles. The summed E-state index contributed by atoms with van der Waals surface area (Å²) in [5.41, 5.74) is 4.94. The molecule has 0 saturated carbocycles. The van der Waals surface area contributed by atoms with Crippen LogP contribution in [0.25, 0.3) is 0 Å². The molecule has 0 unspecified atom stereocenters. The summed E-state index contributed by atoms with van der Waals surface area (Å²) in [6, 6.07) is 0. The summed E-state index contributed by atoms with van der Waals surface area (Å²) in [7, 11) is 0. The van der Waals surface area contributed by atoms with Crippen molar-refractivity contribution in [2.24, 2.45) is 5.73 Å². The fraction of sp³-hybridized carbons (Fsp3) is 0.625. The predicted octanol–water partition coefficient (Wildman–Crippen LogP) is -0.232. The van der Waals surface area contributed by atoms with Crippen molar-refractivity contribution in [3.63, 3.8) is 0 Å². The average Bonchev–Trinajstić information content (AvgIpc) is 2.52. The normalized spacial score (nSPS) is 10.8. The minimum atomic E-state index is -0.409. The SMILES string of the molecule is CC(C)c1noc(CNCC(N)=O)n1. The average molecular weight is 198 g/mol. The second kappa shape index (κ2) is 4.71. The number of hydrogen-bond donors (Lipinski definition) is 2. The van der Waals surface area contributed by atoms with Gasteiger partial charge in [-0.25, -0.2) is 0 Å². The van der Waals surface area contributed by atoms with E-state index in [1.54, 1.807) is 0 Å². The topological polar surface area (TPSA) is 94.0 Å². The molecule has 78 valence electrons. The molecule has 0 radical (unpaired) electrons. The Morgan fingerprint density at radius 1 is 1.64 bits per heavy atom. The molecule has 0 aliphatic carbocycles. The van der Waals surface area contributed by atoms with Crippen LogP contribution in [0, 0.1) is 0 Å². The fourth-order valence-electron chi connectivity index (χ4n) is 0.867. The Bertz CT molecular complexity index is 308. The van der Waals surface area contributed by atoms with E-state index in [9.17, 15) is 4.79 Å². The van der Waals surface area contributed by atoms with E-state index in [-0.39, 0.29) is 12.5 Å². The van der Waals surface area contributed by atoms with Gasteiger partial charge in [0.05, 0.1) is 13.1 Å². The highest BCUT2D eigenvalue weighted by atomic mass is 16.5. The predicted molar refractivity (Wildman–Crippen MR) is 49.3 cm³/mol. The lowest BCUT2D eigenvalue weighted by Gasteiger charge is -1.95. The monoisotopic (exact) mass is 198 g/mol. The number of carbonyl (C=O) groups excluding carboxylic acids is 1. The first-order valence-electron chi connectivity index (χ1n) is 4.41. The highest BCUT2D eigenvalue weighted by molar-refractivity contribution is 5.75. The van der Waals surface area contributed by atoms with Gasteiger partial charge in [-0.1, -0.05) is 19.0 Å². The second-order valence-corrected chi connectivity index (χ2v) is 3.27. The summed E-state index contributed by atoms with van der Waals surface area (Å²) in [6.45, 7) is 4.43. The van der Waals surface area contributed by atoms with Gasteiger partial charge in [-0.15, -0.1) is 0 Å². The van der Waals surface area contributed by atoms with Crippen LogP contribution in [-0.2, 0) is 11.3 Å². The summed E-state index contributed by atoms with van der Waals surface area (Å²) in [5, 5.41) is 6.55. The van der Waals surface area contributed by atoms with E-state index < -0.39 is 5.91 Å². The van der Waals surface area contributed by atoms with Crippen LogP contribution in [0.1, 0.15) is 31.5 Å². The van der Waals surface area contributed by atoms with Crippen molar-refractivity contribution in [1.82, 2.24) is 15.5 Å². The molecule has 6 heteroatoms. The minimum Gasteiger partial charge on any atom is -0.369 e. The number of rotatable bonds is 5. The maximum atomic E-state index is 10.4. The van der Waals surface area contributed by atoms with Crippen LogP contribution in [-0.4, -0.2) is 22.6 Å². The molecular weight excluding hydrogens is 184 g/mol. The van der Waals surface area contributed by atoms with Crippen molar-refractivity contribution in [2.75, 3.05) is 6.54 Å². The largest absolute Gasteiger partial charge is 0.369 e. The Labute approximate surface area is 81.9 Å². The van der Waals surface area contributed by atoms with E-state index in [2.05, 4.69) is 15.5 Å². The van der Waals surface area contributed by atoms with Crippen LogP contribution in [0.2, 0.25) is 0 Å². The zero-order valence-electron chi connectivity index (χ0n) is 8.28. The van der Waals surface area contributed by atoms with Crippen molar-refractivity contribution >= 4 is 5.91 Å². The van der Waals surface area contributed by atoms with E-state index >= 15 is 0 Å². The smallest absolute Gasteiger partial charge is 0.240 e. The molecular formula is C8H14N4O2. The number of carbonyl (C=O) groups is 1. The number of nitrogens with two attached hydrogens (primary N) is 1. The number of primary amides is 1. The summed E-state index contributed by atoms with van der Waals surface area (Å²) in [5.74, 6) is 0.966. The quantitative estimate of drug-likeness (QED) is 0.681. The van der Waals surface area contributed by atoms with Gasteiger partial charge in [0.25, 0.3) is 0 Å². The molecule has 6 nitrogen and oxygen atoms in total. The Balaban J connectivity index is 2.40. The standard InChI is InChI=1S/C8H14N4O2/c1-5(2)8-11-7(14-12-8)4-10-3-6(9)13/h5,10H,3-4H2,1-2H3,(H2,9,13). The van der Waals surface area contributed by atoms with E-state index in [4.69, 9.17) is 10.3 Å². The summed E-state index contributed by atoms with van der Waals surface area (Å²) >= 11 is 0. The van der Waals surface area contributed by atoms with Crippen molar-refractivity contribution < 1.29 is 9.32 Å². The zero-order chi connectivity index (χ0) is 10.6. The molecule has 0 atom stereocenters. The van der Waals surface area contributed by atoms with Gasteiger partial charge >= 0.3 is 0 Å². The molecule has 1 aromatic rings. The molecule has 0 saturated heterocycles. The van der Waals surface area contributed by atoms with Gasteiger partial charge in [-0.2, -0.15) is 4.98 Å². The first-order valence-corrected chi connectivity index (χ1v) is 4.41. The van der Waals surface area contributed by atoms with Crippen LogP contribution >= 0.6 is 0 Å². The maximum absolute atomic E-state index is 10.4. The molecule has 0 spiro atoms. The van der Waals surface area contributed by atoms with E-state index in [0.717, 1.165) is 0 Å². The second-order valence-electron chi connectivity index (χ2n) is 3.27. The highest BCUT2D eigenvalue weighted by Crippen LogP contribution is 2.08. The van der Waals surface area contributed by atoms with E-state index in [0.29, 0.717) is 18.3 Å². The molecule has 0 aromatic carbocycles. The third kappa shape index (κ3) is 3.14.